The Morgan fingerprint density at radius 3 is 2.52 bits per heavy atom. The third kappa shape index (κ3) is 4.96. The van der Waals surface area contributed by atoms with Gasteiger partial charge in [0.05, 0.1) is 0 Å². The largest absolute Gasteiger partial charge is 0.435 e. The number of thioether (sulfide) groups is 1. The van der Waals surface area contributed by atoms with E-state index in [0.717, 1.165) is 10.5 Å². The lowest BCUT2D eigenvalue weighted by Crippen LogP contribution is -2.26. The zero-order chi connectivity index (χ0) is 16.8. The molecule has 0 unspecified atom stereocenters. The van der Waals surface area contributed by atoms with Gasteiger partial charge in [-0.3, -0.25) is 4.79 Å². The fourth-order valence-corrected chi connectivity index (χ4v) is 2.51. The first kappa shape index (κ1) is 17.3. The van der Waals surface area contributed by atoms with Crippen molar-refractivity contribution in [3.63, 3.8) is 0 Å². The molecule has 0 atom stereocenters. The number of rotatable bonds is 6. The number of alkyl halides is 2. The maximum atomic E-state index is 12.4. The summed E-state index contributed by atoms with van der Waals surface area (Å²) < 4.78 is 28.8. The van der Waals surface area contributed by atoms with Crippen LogP contribution in [0.3, 0.4) is 0 Å². The SMILES string of the molecule is CSc1ccc(CN(C)C(=O)c2cccc(OC(F)F)c2)cc1. The molecule has 0 heterocycles. The molecule has 23 heavy (non-hydrogen) atoms. The van der Waals surface area contributed by atoms with Crippen LogP contribution >= 0.6 is 11.8 Å². The first-order valence-electron chi connectivity index (χ1n) is 6.93. The minimum absolute atomic E-state index is 0.0245. The second-order valence-corrected chi connectivity index (χ2v) is 5.80. The van der Waals surface area contributed by atoms with Gasteiger partial charge in [0.1, 0.15) is 5.75 Å². The Morgan fingerprint density at radius 1 is 1.22 bits per heavy atom. The van der Waals surface area contributed by atoms with Gasteiger partial charge in [-0.25, -0.2) is 0 Å². The molecule has 0 aliphatic carbocycles. The van der Waals surface area contributed by atoms with E-state index in [1.807, 2.05) is 30.5 Å². The van der Waals surface area contributed by atoms with E-state index < -0.39 is 6.61 Å². The van der Waals surface area contributed by atoms with Gasteiger partial charge in [-0.05, 0) is 42.2 Å². The number of carbonyl (C=O) groups is 1. The van der Waals surface area contributed by atoms with Crippen molar-refractivity contribution < 1.29 is 18.3 Å². The predicted molar refractivity (Wildman–Crippen MR) is 87.1 cm³/mol. The van der Waals surface area contributed by atoms with E-state index in [2.05, 4.69) is 4.74 Å². The van der Waals surface area contributed by atoms with Crippen LogP contribution in [-0.2, 0) is 6.54 Å². The van der Waals surface area contributed by atoms with Crippen molar-refractivity contribution >= 4 is 17.7 Å². The van der Waals surface area contributed by atoms with Gasteiger partial charge in [0.25, 0.3) is 5.91 Å². The number of nitrogens with zero attached hydrogens (tertiary/aromatic N) is 1. The summed E-state index contributed by atoms with van der Waals surface area (Å²) in [4.78, 5) is 15.1. The number of benzene rings is 2. The smallest absolute Gasteiger partial charge is 0.387 e. The van der Waals surface area contributed by atoms with Crippen molar-refractivity contribution in [3.05, 3.63) is 59.7 Å². The second-order valence-electron chi connectivity index (χ2n) is 4.92. The Morgan fingerprint density at radius 2 is 1.91 bits per heavy atom. The first-order chi connectivity index (χ1) is 11.0. The van der Waals surface area contributed by atoms with Crippen LogP contribution in [0.1, 0.15) is 15.9 Å². The third-order valence-corrected chi connectivity index (χ3v) is 3.98. The molecule has 3 nitrogen and oxygen atoms in total. The van der Waals surface area contributed by atoms with Crippen molar-refractivity contribution in [2.45, 2.75) is 18.1 Å². The summed E-state index contributed by atoms with van der Waals surface area (Å²) in [6.45, 7) is -2.47. The Labute approximate surface area is 138 Å². The summed E-state index contributed by atoms with van der Waals surface area (Å²) in [6.07, 6.45) is 2.00. The van der Waals surface area contributed by atoms with Crippen LogP contribution in [0, 0.1) is 0 Å². The van der Waals surface area contributed by atoms with E-state index in [-0.39, 0.29) is 11.7 Å². The molecule has 0 aliphatic rings. The topological polar surface area (TPSA) is 29.5 Å². The number of hydrogen-bond acceptors (Lipinski definition) is 3. The molecule has 122 valence electrons. The van der Waals surface area contributed by atoms with Gasteiger partial charge < -0.3 is 9.64 Å². The third-order valence-electron chi connectivity index (χ3n) is 3.23. The van der Waals surface area contributed by atoms with E-state index in [4.69, 9.17) is 0 Å². The zero-order valence-corrected chi connectivity index (χ0v) is 13.6. The molecular weight excluding hydrogens is 320 g/mol. The van der Waals surface area contributed by atoms with Crippen LogP contribution in [0.2, 0.25) is 0 Å². The first-order valence-corrected chi connectivity index (χ1v) is 8.15. The van der Waals surface area contributed by atoms with Crippen LogP contribution in [0.15, 0.2) is 53.4 Å². The number of ether oxygens (including phenoxy) is 1. The predicted octanol–water partition coefficient (Wildman–Crippen LogP) is 4.28. The number of halogens is 2. The number of carbonyl (C=O) groups excluding carboxylic acids is 1. The van der Waals surface area contributed by atoms with Crippen LogP contribution in [0.25, 0.3) is 0 Å². The van der Waals surface area contributed by atoms with Crippen LogP contribution in [0.4, 0.5) is 8.78 Å². The molecule has 0 saturated heterocycles. The molecule has 0 N–H and O–H groups in total. The van der Waals surface area contributed by atoms with Crippen LogP contribution in [0.5, 0.6) is 5.75 Å². The molecule has 1 amide bonds. The quantitative estimate of drug-likeness (QED) is 0.737. The average Bonchev–Trinajstić information content (AvgIpc) is 2.54. The number of amides is 1. The van der Waals surface area contributed by atoms with Crippen LogP contribution in [-0.4, -0.2) is 30.7 Å². The molecule has 0 spiro atoms. The minimum atomic E-state index is -2.91. The Hall–Kier alpha value is -2.08. The summed E-state index contributed by atoms with van der Waals surface area (Å²) in [5, 5.41) is 0. The molecule has 0 radical (unpaired) electrons. The summed E-state index contributed by atoms with van der Waals surface area (Å²) in [5.74, 6) is -0.276. The van der Waals surface area contributed by atoms with E-state index >= 15 is 0 Å². The molecular formula is C17H17F2NO2S. The molecule has 0 saturated carbocycles. The lowest BCUT2D eigenvalue weighted by Gasteiger charge is -2.18. The van der Waals surface area contributed by atoms with E-state index in [1.165, 1.54) is 23.1 Å². The van der Waals surface area contributed by atoms with Crippen molar-refractivity contribution in [2.75, 3.05) is 13.3 Å². The maximum absolute atomic E-state index is 12.4. The van der Waals surface area contributed by atoms with Gasteiger partial charge in [0.2, 0.25) is 0 Å². The molecule has 2 rings (SSSR count). The molecule has 0 bridgehead atoms. The Bertz CT molecular complexity index is 662. The van der Waals surface area contributed by atoms with Crippen molar-refractivity contribution in [1.29, 1.82) is 0 Å². The van der Waals surface area contributed by atoms with Crippen molar-refractivity contribution in [1.82, 2.24) is 4.90 Å². The average molecular weight is 337 g/mol. The molecule has 2 aromatic carbocycles. The lowest BCUT2D eigenvalue weighted by atomic mass is 10.1. The van der Waals surface area contributed by atoms with E-state index in [1.54, 1.807) is 24.9 Å². The van der Waals surface area contributed by atoms with Gasteiger partial charge in [-0.2, -0.15) is 8.78 Å². The van der Waals surface area contributed by atoms with Gasteiger partial charge in [0, 0.05) is 24.1 Å². The monoisotopic (exact) mass is 337 g/mol. The molecule has 0 fully saturated rings. The van der Waals surface area contributed by atoms with Crippen molar-refractivity contribution in [2.24, 2.45) is 0 Å². The molecule has 0 aromatic heterocycles. The lowest BCUT2D eigenvalue weighted by molar-refractivity contribution is -0.0499. The zero-order valence-electron chi connectivity index (χ0n) is 12.8. The number of hydrogen-bond donors (Lipinski definition) is 0. The highest BCUT2D eigenvalue weighted by Gasteiger charge is 2.14. The fourth-order valence-electron chi connectivity index (χ4n) is 2.10. The van der Waals surface area contributed by atoms with Crippen molar-refractivity contribution in [3.8, 4) is 5.75 Å². The minimum Gasteiger partial charge on any atom is -0.435 e. The molecule has 2 aromatic rings. The van der Waals surface area contributed by atoms with Gasteiger partial charge in [0.15, 0.2) is 0 Å². The summed E-state index contributed by atoms with van der Waals surface area (Å²) in [6, 6.07) is 13.7. The summed E-state index contributed by atoms with van der Waals surface area (Å²) >= 11 is 1.65. The highest BCUT2D eigenvalue weighted by molar-refractivity contribution is 7.98. The highest BCUT2D eigenvalue weighted by Crippen LogP contribution is 2.19. The highest BCUT2D eigenvalue weighted by atomic mass is 32.2. The maximum Gasteiger partial charge on any atom is 0.387 e. The van der Waals surface area contributed by atoms with E-state index in [9.17, 15) is 13.6 Å². The normalized spacial score (nSPS) is 10.7. The van der Waals surface area contributed by atoms with E-state index in [0.29, 0.717) is 12.1 Å². The van der Waals surface area contributed by atoms with Gasteiger partial charge in [-0.15, -0.1) is 11.8 Å². The molecule has 6 heteroatoms. The second kappa shape index (κ2) is 7.97. The standard InChI is InChI=1S/C17H17F2NO2S/c1-20(11-12-6-8-15(23-2)9-7-12)16(21)13-4-3-5-14(10-13)22-17(18)19/h3-10,17H,11H2,1-2H3. The van der Waals surface area contributed by atoms with Crippen LogP contribution < -0.4 is 4.74 Å². The Balaban J connectivity index is 2.06. The summed E-state index contributed by atoms with van der Waals surface area (Å²) in [5.41, 5.74) is 1.31. The summed E-state index contributed by atoms with van der Waals surface area (Å²) in [7, 11) is 1.67. The molecule has 0 aliphatic heterocycles. The Kier molecular flexibility index (Phi) is 5.98. The van der Waals surface area contributed by atoms with Gasteiger partial charge >= 0.3 is 6.61 Å². The fraction of sp³-hybridized carbons (Fsp3) is 0.235. The van der Waals surface area contributed by atoms with Gasteiger partial charge in [-0.1, -0.05) is 18.2 Å².